The molecule has 1 aromatic carbocycles. The Balaban J connectivity index is 1.91. The summed E-state index contributed by atoms with van der Waals surface area (Å²) < 4.78 is 1.96. The number of benzene rings is 1. The fourth-order valence-electron chi connectivity index (χ4n) is 2.28. The summed E-state index contributed by atoms with van der Waals surface area (Å²) in [5.41, 5.74) is 2.00. The van der Waals surface area contributed by atoms with Crippen LogP contribution in [0.25, 0.3) is 10.2 Å². The van der Waals surface area contributed by atoms with E-state index in [9.17, 15) is 9.59 Å². The molecule has 0 radical (unpaired) electrons. The number of hydrogen-bond acceptors (Lipinski definition) is 5. The number of carbonyl (C=O) groups is 1. The Morgan fingerprint density at radius 3 is 2.96 bits per heavy atom. The van der Waals surface area contributed by atoms with Crippen LogP contribution in [0.5, 0.6) is 0 Å². The van der Waals surface area contributed by atoms with E-state index in [0.717, 1.165) is 5.56 Å². The van der Waals surface area contributed by atoms with Gasteiger partial charge in [0.2, 0.25) is 5.91 Å². The number of thiophene rings is 1. The largest absolute Gasteiger partial charge is 0.324 e. The minimum absolute atomic E-state index is 0.0954. The number of rotatable bonds is 4. The lowest BCUT2D eigenvalue weighted by molar-refractivity contribution is -0.116. The maximum absolute atomic E-state index is 12.6. The average molecular weight is 380 g/mol. The Bertz CT molecular complexity index is 981. The van der Waals surface area contributed by atoms with Gasteiger partial charge in [-0.25, -0.2) is 4.98 Å². The van der Waals surface area contributed by atoms with Crippen molar-refractivity contribution in [2.45, 2.75) is 18.6 Å². The molecule has 0 bridgehead atoms. The number of hydrogen-bond donors (Lipinski definition) is 1. The molecule has 0 saturated heterocycles. The molecule has 8 heteroatoms. The minimum Gasteiger partial charge on any atom is -0.324 e. The first-order valence-electron chi connectivity index (χ1n) is 7.07. The molecule has 24 heavy (non-hydrogen) atoms. The first-order valence-corrected chi connectivity index (χ1v) is 9.56. The zero-order valence-corrected chi connectivity index (χ0v) is 15.4. The van der Waals surface area contributed by atoms with Crippen molar-refractivity contribution in [3.05, 3.63) is 50.6 Å². The standard InChI is InChI=1S/C16H14ClN3O2S2/c1-9-3-4-10(17)7-12(9)18-13(21)8-20-15(22)14-11(5-6-24-14)19-16(20)23-2/h3-7H,8H2,1-2H3,(H,18,21). The normalized spacial score (nSPS) is 11.0. The highest BCUT2D eigenvalue weighted by Crippen LogP contribution is 2.21. The smallest absolute Gasteiger partial charge is 0.272 e. The van der Waals surface area contributed by atoms with Gasteiger partial charge in [-0.2, -0.15) is 0 Å². The van der Waals surface area contributed by atoms with Crippen molar-refractivity contribution in [3.8, 4) is 0 Å². The lowest BCUT2D eigenvalue weighted by Crippen LogP contribution is -2.29. The predicted molar refractivity (Wildman–Crippen MR) is 100 cm³/mol. The lowest BCUT2D eigenvalue weighted by Gasteiger charge is -2.12. The Labute approximate surface area is 151 Å². The van der Waals surface area contributed by atoms with E-state index in [1.807, 2.05) is 24.6 Å². The molecule has 3 aromatic rings. The second-order valence-electron chi connectivity index (χ2n) is 5.13. The summed E-state index contributed by atoms with van der Waals surface area (Å²) in [5.74, 6) is -0.296. The van der Waals surface area contributed by atoms with Gasteiger partial charge < -0.3 is 5.32 Å². The van der Waals surface area contributed by atoms with E-state index in [0.29, 0.717) is 26.1 Å². The summed E-state index contributed by atoms with van der Waals surface area (Å²) in [6.45, 7) is 1.78. The molecule has 5 nitrogen and oxygen atoms in total. The van der Waals surface area contributed by atoms with Gasteiger partial charge in [0.25, 0.3) is 5.56 Å². The average Bonchev–Trinajstić information content (AvgIpc) is 3.02. The van der Waals surface area contributed by atoms with E-state index in [4.69, 9.17) is 11.6 Å². The number of aromatic nitrogens is 2. The van der Waals surface area contributed by atoms with Gasteiger partial charge >= 0.3 is 0 Å². The van der Waals surface area contributed by atoms with Crippen LogP contribution in [-0.2, 0) is 11.3 Å². The maximum atomic E-state index is 12.6. The molecule has 124 valence electrons. The molecule has 1 N–H and O–H groups in total. The van der Waals surface area contributed by atoms with E-state index < -0.39 is 0 Å². The number of anilines is 1. The van der Waals surface area contributed by atoms with Crippen LogP contribution in [0.3, 0.4) is 0 Å². The third kappa shape index (κ3) is 3.33. The van der Waals surface area contributed by atoms with Crippen molar-refractivity contribution < 1.29 is 4.79 Å². The fourth-order valence-corrected chi connectivity index (χ4v) is 3.79. The molecule has 0 saturated carbocycles. The van der Waals surface area contributed by atoms with Crippen molar-refractivity contribution in [3.63, 3.8) is 0 Å². The Morgan fingerprint density at radius 1 is 1.42 bits per heavy atom. The number of carbonyl (C=O) groups excluding carboxylic acids is 1. The number of halogens is 1. The highest BCUT2D eigenvalue weighted by molar-refractivity contribution is 7.98. The molecule has 0 aliphatic rings. The number of fused-ring (bicyclic) bond motifs is 1. The first-order chi connectivity index (χ1) is 11.5. The summed E-state index contributed by atoms with van der Waals surface area (Å²) in [6, 6.07) is 7.09. The van der Waals surface area contributed by atoms with Crippen molar-refractivity contribution in [1.29, 1.82) is 0 Å². The van der Waals surface area contributed by atoms with Gasteiger partial charge in [-0.15, -0.1) is 11.3 Å². The van der Waals surface area contributed by atoms with Crippen LogP contribution in [0.15, 0.2) is 39.6 Å². The van der Waals surface area contributed by atoms with Crippen LogP contribution in [0.1, 0.15) is 5.56 Å². The van der Waals surface area contributed by atoms with E-state index in [2.05, 4.69) is 10.3 Å². The zero-order chi connectivity index (χ0) is 17.3. The van der Waals surface area contributed by atoms with E-state index >= 15 is 0 Å². The van der Waals surface area contributed by atoms with Crippen LogP contribution in [0.4, 0.5) is 5.69 Å². The molecule has 0 unspecified atom stereocenters. The molecule has 0 fully saturated rings. The molecule has 2 aromatic heterocycles. The Morgan fingerprint density at radius 2 is 2.21 bits per heavy atom. The molecule has 2 heterocycles. The minimum atomic E-state index is -0.296. The van der Waals surface area contributed by atoms with Crippen LogP contribution < -0.4 is 10.9 Å². The second-order valence-corrected chi connectivity index (χ2v) is 7.26. The lowest BCUT2D eigenvalue weighted by atomic mass is 10.2. The number of amides is 1. The van der Waals surface area contributed by atoms with Crippen molar-refractivity contribution >= 4 is 56.5 Å². The van der Waals surface area contributed by atoms with Crippen LogP contribution in [-0.4, -0.2) is 21.7 Å². The SMILES string of the molecule is CSc1nc2ccsc2c(=O)n1CC(=O)Nc1cc(Cl)ccc1C. The van der Waals surface area contributed by atoms with Gasteiger partial charge in [-0.1, -0.05) is 29.4 Å². The molecule has 1 amide bonds. The Kier molecular flexibility index (Phi) is 4.93. The van der Waals surface area contributed by atoms with Crippen LogP contribution >= 0.6 is 34.7 Å². The summed E-state index contributed by atoms with van der Waals surface area (Å²) in [7, 11) is 0. The maximum Gasteiger partial charge on any atom is 0.272 e. The molecule has 0 spiro atoms. The van der Waals surface area contributed by atoms with E-state index in [1.54, 1.807) is 18.2 Å². The Hall–Kier alpha value is -1.83. The van der Waals surface area contributed by atoms with Crippen molar-refractivity contribution in [2.24, 2.45) is 0 Å². The summed E-state index contributed by atoms with van der Waals surface area (Å²) >= 11 is 8.63. The van der Waals surface area contributed by atoms with Crippen LogP contribution in [0, 0.1) is 6.92 Å². The number of thioether (sulfide) groups is 1. The molecular formula is C16H14ClN3O2S2. The summed E-state index contributed by atoms with van der Waals surface area (Å²) in [4.78, 5) is 29.4. The number of aryl methyl sites for hydroxylation is 1. The van der Waals surface area contributed by atoms with Crippen molar-refractivity contribution in [2.75, 3.05) is 11.6 Å². The second kappa shape index (κ2) is 6.96. The molecular weight excluding hydrogens is 366 g/mol. The fraction of sp³-hybridized carbons (Fsp3) is 0.188. The zero-order valence-electron chi connectivity index (χ0n) is 13.0. The third-order valence-corrected chi connectivity index (χ3v) is 5.29. The van der Waals surface area contributed by atoms with Gasteiger partial charge in [-0.05, 0) is 42.3 Å². The third-order valence-electron chi connectivity index (χ3n) is 3.49. The van der Waals surface area contributed by atoms with Gasteiger partial charge in [-0.3, -0.25) is 14.2 Å². The molecule has 0 aliphatic carbocycles. The summed E-state index contributed by atoms with van der Waals surface area (Å²) in [6.07, 6.45) is 1.83. The molecule has 3 rings (SSSR count). The van der Waals surface area contributed by atoms with Gasteiger partial charge in [0.05, 0.1) is 5.52 Å². The van der Waals surface area contributed by atoms with Crippen molar-refractivity contribution in [1.82, 2.24) is 9.55 Å². The number of nitrogens with zero attached hydrogens (tertiary/aromatic N) is 2. The molecule has 0 atom stereocenters. The predicted octanol–water partition coefficient (Wildman–Crippen LogP) is 3.78. The summed E-state index contributed by atoms with van der Waals surface area (Å²) in [5, 5.41) is 5.68. The van der Waals surface area contributed by atoms with E-state index in [-0.39, 0.29) is 18.0 Å². The van der Waals surface area contributed by atoms with Crippen LogP contribution in [0.2, 0.25) is 5.02 Å². The topological polar surface area (TPSA) is 64.0 Å². The first kappa shape index (κ1) is 17.0. The van der Waals surface area contributed by atoms with Gasteiger partial charge in [0.1, 0.15) is 11.2 Å². The highest BCUT2D eigenvalue weighted by atomic mass is 35.5. The number of nitrogens with one attached hydrogen (secondary N) is 1. The molecule has 0 aliphatic heterocycles. The highest BCUT2D eigenvalue weighted by Gasteiger charge is 2.15. The quantitative estimate of drug-likeness (QED) is 0.553. The monoisotopic (exact) mass is 379 g/mol. The van der Waals surface area contributed by atoms with Gasteiger partial charge in [0, 0.05) is 10.7 Å². The van der Waals surface area contributed by atoms with E-state index in [1.165, 1.54) is 27.7 Å². The van der Waals surface area contributed by atoms with Gasteiger partial charge in [0.15, 0.2) is 5.16 Å².